The molecule has 1 unspecified atom stereocenters. The number of alkyl halides is 3. The first-order valence-electron chi connectivity index (χ1n) is 7.48. The van der Waals surface area contributed by atoms with Gasteiger partial charge < -0.3 is 9.46 Å². The number of pyridine rings is 1. The van der Waals surface area contributed by atoms with Gasteiger partial charge in [0.1, 0.15) is 5.75 Å². The zero-order valence-corrected chi connectivity index (χ0v) is 13.9. The van der Waals surface area contributed by atoms with E-state index >= 15 is 0 Å². The van der Waals surface area contributed by atoms with Crippen molar-refractivity contribution < 1.29 is 17.9 Å². The number of nitrogens with zero attached hydrogens (tertiary/aromatic N) is 2. The van der Waals surface area contributed by atoms with E-state index in [0.717, 1.165) is 21.4 Å². The molecule has 3 nitrogen and oxygen atoms in total. The largest absolute Gasteiger partial charge is 0.629 e. The molecule has 0 amide bonds. The Balaban J connectivity index is 1.96. The Morgan fingerprint density at radius 1 is 1.12 bits per heavy atom. The Labute approximate surface area is 144 Å². The molecule has 128 valence electrons. The van der Waals surface area contributed by atoms with Gasteiger partial charge in [0.25, 0.3) is 0 Å². The van der Waals surface area contributed by atoms with Gasteiger partial charge in [-0.25, -0.2) is 10.7 Å². The van der Waals surface area contributed by atoms with Crippen molar-refractivity contribution in [2.24, 2.45) is 0 Å². The number of benzene rings is 2. The minimum atomic E-state index is -4.72. The monoisotopic (exact) mass is 361 g/mol. The Bertz CT molecular complexity index is 1010. The van der Waals surface area contributed by atoms with E-state index in [1.807, 2.05) is 36.6 Å². The molecule has 0 aliphatic carbocycles. The first-order valence-corrected chi connectivity index (χ1v) is 8.73. The Kier molecular flexibility index (Phi) is 3.68. The molecule has 0 saturated heterocycles. The third-order valence-corrected chi connectivity index (χ3v) is 5.49. The van der Waals surface area contributed by atoms with E-state index in [0.29, 0.717) is 11.3 Å². The van der Waals surface area contributed by atoms with Crippen molar-refractivity contribution in [2.75, 3.05) is 0 Å². The summed E-state index contributed by atoms with van der Waals surface area (Å²) in [5.41, 5.74) is 2.91. The summed E-state index contributed by atoms with van der Waals surface area (Å²) in [5.74, 6) is -0.236. The van der Waals surface area contributed by atoms with Crippen molar-refractivity contribution in [3.63, 3.8) is 0 Å². The highest BCUT2D eigenvalue weighted by atomic mass is 32.2. The van der Waals surface area contributed by atoms with Gasteiger partial charge in [-0.2, -0.15) is 0 Å². The summed E-state index contributed by atoms with van der Waals surface area (Å²) in [4.78, 5) is 5.28. The van der Waals surface area contributed by atoms with E-state index < -0.39 is 17.0 Å². The lowest BCUT2D eigenvalue weighted by molar-refractivity contribution is -0.274. The molecule has 1 aromatic heterocycles. The highest BCUT2D eigenvalue weighted by molar-refractivity contribution is 8.17. The summed E-state index contributed by atoms with van der Waals surface area (Å²) in [5, 5.41) is 2.88. The molecule has 1 aliphatic heterocycles. The maximum atomic E-state index is 12.6. The summed E-state index contributed by atoms with van der Waals surface area (Å²) in [6, 6.07) is 11.9. The van der Waals surface area contributed by atoms with E-state index in [4.69, 9.17) is 4.72 Å². The van der Waals surface area contributed by atoms with Crippen LogP contribution in [0.5, 0.6) is 5.75 Å². The maximum absolute atomic E-state index is 12.6. The van der Waals surface area contributed by atoms with Crippen LogP contribution in [0.25, 0.3) is 26.8 Å². The lowest BCUT2D eigenvalue weighted by Gasteiger charge is -2.37. The number of fused-ring (bicyclic) bond motifs is 5. The molecule has 0 N–H and O–H groups in total. The molecule has 25 heavy (non-hydrogen) atoms. The predicted molar refractivity (Wildman–Crippen MR) is 94.5 cm³/mol. The highest BCUT2D eigenvalue weighted by Gasteiger charge is 2.31. The Morgan fingerprint density at radius 3 is 2.72 bits per heavy atom. The van der Waals surface area contributed by atoms with Crippen LogP contribution in [0.2, 0.25) is 0 Å². The van der Waals surface area contributed by atoms with Gasteiger partial charge in [0, 0.05) is 6.20 Å². The minimum absolute atomic E-state index is 0.236. The lowest BCUT2D eigenvalue weighted by Crippen LogP contribution is -2.17. The number of hydrogen-bond acceptors (Lipinski definition) is 2. The summed E-state index contributed by atoms with van der Waals surface area (Å²) in [6.45, 7) is 1.89. The fourth-order valence-electron chi connectivity index (χ4n) is 2.87. The summed E-state index contributed by atoms with van der Waals surface area (Å²) >= 11 is 0. The fraction of sp³-hybridized carbons (Fsp3) is 0.111. The van der Waals surface area contributed by atoms with Crippen LogP contribution in [0, 0.1) is 0 Å². The average Bonchev–Trinajstić information content (AvgIpc) is 2.59. The van der Waals surface area contributed by atoms with Gasteiger partial charge >= 0.3 is 6.36 Å². The van der Waals surface area contributed by atoms with E-state index in [2.05, 4.69) is 9.72 Å². The van der Waals surface area contributed by atoms with Crippen molar-refractivity contribution >= 4 is 32.6 Å². The maximum Gasteiger partial charge on any atom is 0.573 e. The SMILES string of the molecule is C/C=S1/[N-]c2c(ccc3cccnc23)-c2cc(OC(F)(F)F)ccc21. The second-order valence-electron chi connectivity index (χ2n) is 5.38. The summed E-state index contributed by atoms with van der Waals surface area (Å²) in [7, 11) is -0.552. The van der Waals surface area contributed by atoms with Gasteiger partial charge in [0.2, 0.25) is 0 Å². The van der Waals surface area contributed by atoms with Gasteiger partial charge in [-0.15, -0.1) is 13.2 Å². The molecule has 0 radical (unpaired) electrons. The molecule has 7 heteroatoms. The first kappa shape index (κ1) is 16.0. The van der Waals surface area contributed by atoms with Crippen molar-refractivity contribution in [1.82, 2.24) is 4.98 Å². The van der Waals surface area contributed by atoms with Crippen LogP contribution in [0.4, 0.5) is 18.9 Å². The van der Waals surface area contributed by atoms with E-state index in [1.165, 1.54) is 12.1 Å². The standard InChI is InChI=1S/C18H12F3N2OS/c1-2-25-15-8-6-12(24-18(19,20)21)10-14(15)13-7-5-11-4-3-9-22-16(11)17(13)23-25/h2-10H,1H3/q-1. The van der Waals surface area contributed by atoms with Gasteiger partial charge in [-0.3, -0.25) is 4.98 Å². The quantitative estimate of drug-likeness (QED) is 0.485. The van der Waals surface area contributed by atoms with Crippen LogP contribution in [0.15, 0.2) is 53.6 Å². The molecule has 1 atom stereocenters. The van der Waals surface area contributed by atoms with Crippen LogP contribution < -0.4 is 4.74 Å². The van der Waals surface area contributed by atoms with Crippen LogP contribution in [0.3, 0.4) is 0 Å². The highest BCUT2D eigenvalue weighted by Crippen LogP contribution is 2.55. The van der Waals surface area contributed by atoms with Crippen molar-refractivity contribution in [3.8, 4) is 16.9 Å². The van der Waals surface area contributed by atoms with Crippen LogP contribution >= 0.6 is 10.7 Å². The normalized spacial score (nSPS) is 16.2. The third-order valence-electron chi connectivity index (χ3n) is 3.86. The number of ether oxygens (including phenoxy) is 1. The van der Waals surface area contributed by atoms with Crippen molar-refractivity contribution in [3.05, 3.63) is 53.4 Å². The predicted octanol–water partition coefficient (Wildman–Crippen LogP) is 6.18. The molecule has 4 rings (SSSR count). The van der Waals surface area contributed by atoms with Crippen LogP contribution in [-0.4, -0.2) is 16.7 Å². The first-order chi connectivity index (χ1) is 12.0. The van der Waals surface area contributed by atoms with E-state index in [9.17, 15) is 13.2 Å². The molecule has 3 aromatic rings. The minimum Gasteiger partial charge on any atom is -0.629 e. The molecule has 2 aromatic carbocycles. The lowest BCUT2D eigenvalue weighted by atomic mass is 10.0. The van der Waals surface area contributed by atoms with E-state index in [1.54, 1.807) is 12.3 Å². The van der Waals surface area contributed by atoms with Gasteiger partial charge in [0.15, 0.2) is 0 Å². The smallest absolute Gasteiger partial charge is 0.573 e. The van der Waals surface area contributed by atoms with Crippen LogP contribution in [0.1, 0.15) is 6.92 Å². The zero-order chi connectivity index (χ0) is 17.6. The number of rotatable bonds is 1. The Hall–Kier alpha value is -2.54. The second kappa shape index (κ2) is 5.77. The van der Waals surface area contributed by atoms with E-state index in [-0.39, 0.29) is 5.75 Å². The average molecular weight is 361 g/mol. The molecule has 1 aliphatic rings. The van der Waals surface area contributed by atoms with Gasteiger partial charge in [-0.05, 0) is 52.6 Å². The molecule has 0 saturated carbocycles. The number of aromatic nitrogens is 1. The van der Waals surface area contributed by atoms with Crippen molar-refractivity contribution in [1.29, 1.82) is 0 Å². The molecular formula is C18H12F3N2OS-. The molecule has 0 spiro atoms. The van der Waals surface area contributed by atoms with Crippen LogP contribution in [-0.2, 0) is 0 Å². The second-order valence-corrected chi connectivity index (χ2v) is 7.11. The number of hydrogen-bond donors (Lipinski definition) is 0. The van der Waals surface area contributed by atoms with Crippen molar-refractivity contribution in [2.45, 2.75) is 18.2 Å². The Morgan fingerprint density at radius 2 is 1.96 bits per heavy atom. The van der Waals surface area contributed by atoms with Gasteiger partial charge in [0.05, 0.1) is 5.52 Å². The molecule has 0 fully saturated rings. The van der Waals surface area contributed by atoms with Gasteiger partial charge in [-0.1, -0.05) is 29.3 Å². The number of halogens is 3. The fourth-order valence-corrected chi connectivity index (χ4v) is 4.31. The molecule has 0 bridgehead atoms. The molecular weight excluding hydrogens is 349 g/mol. The summed E-state index contributed by atoms with van der Waals surface area (Å²) < 4.78 is 46.6. The third kappa shape index (κ3) is 2.84. The summed E-state index contributed by atoms with van der Waals surface area (Å²) in [6.07, 6.45) is -3.04. The molecule has 2 heterocycles. The topological polar surface area (TPSA) is 36.2 Å². The zero-order valence-electron chi connectivity index (χ0n) is 13.0.